The van der Waals surface area contributed by atoms with Gasteiger partial charge in [0.15, 0.2) is 11.5 Å². The predicted octanol–water partition coefficient (Wildman–Crippen LogP) is 5.25. The summed E-state index contributed by atoms with van der Waals surface area (Å²) in [6.07, 6.45) is 0.740. The van der Waals surface area contributed by atoms with E-state index in [0.29, 0.717) is 18.8 Å². The van der Waals surface area contributed by atoms with Crippen molar-refractivity contribution in [1.29, 1.82) is 0 Å². The lowest BCUT2D eigenvalue weighted by Gasteiger charge is -2.27. The molecule has 0 aliphatic carbocycles. The summed E-state index contributed by atoms with van der Waals surface area (Å²) in [5, 5.41) is 10.9. The average Bonchev–Trinajstić information content (AvgIpc) is 3.13. The normalized spacial score (nSPS) is 15.4. The van der Waals surface area contributed by atoms with Crippen molar-refractivity contribution < 1.29 is 19.4 Å². The Morgan fingerprint density at radius 2 is 1.67 bits per heavy atom. The Kier molecular flexibility index (Phi) is 7.74. The van der Waals surface area contributed by atoms with E-state index in [4.69, 9.17) is 4.74 Å². The molecule has 1 aliphatic heterocycles. The van der Waals surface area contributed by atoms with Gasteiger partial charge in [-0.25, -0.2) is 0 Å². The van der Waals surface area contributed by atoms with Crippen molar-refractivity contribution in [2.75, 3.05) is 25.6 Å². The van der Waals surface area contributed by atoms with Crippen molar-refractivity contribution in [2.24, 2.45) is 0 Å². The van der Waals surface area contributed by atoms with E-state index in [-0.39, 0.29) is 24.3 Å². The van der Waals surface area contributed by atoms with Crippen molar-refractivity contribution >= 4 is 17.4 Å². The van der Waals surface area contributed by atoms with Crippen LogP contribution < -0.4 is 9.64 Å². The van der Waals surface area contributed by atoms with Gasteiger partial charge in [0.25, 0.3) is 5.91 Å². The van der Waals surface area contributed by atoms with Crippen LogP contribution in [0.3, 0.4) is 0 Å². The molecule has 3 aromatic rings. The Hall–Kier alpha value is -4.06. The zero-order valence-electron chi connectivity index (χ0n) is 21.0. The Morgan fingerprint density at radius 1 is 0.972 bits per heavy atom. The molecule has 0 saturated heterocycles. The Labute approximate surface area is 212 Å². The maximum absolute atomic E-state index is 13.4. The number of ether oxygens (including phenoxy) is 1. The van der Waals surface area contributed by atoms with Gasteiger partial charge in [-0.2, -0.15) is 0 Å². The second kappa shape index (κ2) is 11.1. The van der Waals surface area contributed by atoms with Gasteiger partial charge >= 0.3 is 0 Å². The first-order valence-corrected chi connectivity index (χ1v) is 12.2. The highest BCUT2D eigenvalue weighted by molar-refractivity contribution is 6.09. The quantitative estimate of drug-likeness (QED) is 0.426. The molecule has 1 amide bonds. The van der Waals surface area contributed by atoms with Crippen molar-refractivity contribution in [3.05, 3.63) is 107 Å². The number of hydrogen-bond acceptors (Lipinski definition) is 5. The Morgan fingerprint density at radius 3 is 2.33 bits per heavy atom. The van der Waals surface area contributed by atoms with Crippen LogP contribution in [0.2, 0.25) is 0 Å². The summed E-state index contributed by atoms with van der Waals surface area (Å²) < 4.78 is 5.62. The highest BCUT2D eigenvalue weighted by atomic mass is 16.5. The van der Waals surface area contributed by atoms with E-state index >= 15 is 0 Å². The number of amides is 1. The van der Waals surface area contributed by atoms with E-state index in [0.717, 1.165) is 22.4 Å². The first kappa shape index (κ1) is 25.0. The van der Waals surface area contributed by atoms with Crippen molar-refractivity contribution in [3.63, 3.8) is 0 Å². The third kappa shape index (κ3) is 5.43. The van der Waals surface area contributed by atoms with Crippen LogP contribution in [-0.2, 0) is 22.6 Å². The first-order valence-electron chi connectivity index (χ1n) is 12.2. The number of anilines is 1. The predicted molar refractivity (Wildman–Crippen MR) is 141 cm³/mol. The van der Waals surface area contributed by atoms with Crippen LogP contribution in [0, 0.1) is 0 Å². The minimum absolute atomic E-state index is 0.162. The van der Waals surface area contributed by atoms with Gasteiger partial charge in [0, 0.05) is 32.7 Å². The molecule has 0 fully saturated rings. The molecule has 0 bridgehead atoms. The van der Waals surface area contributed by atoms with Gasteiger partial charge in [0.05, 0.1) is 18.2 Å². The number of hydrogen-bond donors (Lipinski definition) is 1. The summed E-state index contributed by atoms with van der Waals surface area (Å²) in [6, 6.07) is 24.3. The number of nitrogens with zero attached hydrogens (tertiary/aromatic N) is 2. The van der Waals surface area contributed by atoms with E-state index in [1.807, 2.05) is 105 Å². The van der Waals surface area contributed by atoms with E-state index in [1.165, 1.54) is 0 Å². The van der Waals surface area contributed by atoms with Gasteiger partial charge in [-0.15, -0.1) is 0 Å². The minimum Gasteiger partial charge on any atom is -0.503 e. The highest BCUT2D eigenvalue weighted by Crippen LogP contribution is 2.40. The standard InChI is InChI=1S/C30H32N2O4/c1-4-36-25-12-8-11-22(19-25)20-32-28(23-14-16-24(17-15-23)31(2)3)27(29(34)30(32)35)26(33)18-13-21-9-6-5-7-10-21/h5-12,14-17,19,28,34H,4,13,18,20H2,1-3H3. The number of carbonyl (C=O) groups excluding carboxylic acids is 2. The van der Waals surface area contributed by atoms with Crippen molar-refractivity contribution in [1.82, 2.24) is 4.90 Å². The molecule has 1 heterocycles. The topological polar surface area (TPSA) is 70.1 Å². The fraction of sp³-hybridized carbons (Fsp3) is 0.267. The SMILES string of the molecule is CCOc1cccc(CN2C(=O)C(O)=C(C(=O)CCc3ccccc3)C2c2ccc(N(C)C)cc2)c1. The van der Waals surface area contributed by atoms with Gasteiger partial charge in [-0.1, -0.05) is 54.6 Å². The molecule has 1 aliphatic rings. The lowest BCUT2D eigenvalue weighted by Crippen LogP contribution is -2.30. The molecule has 36 heavy (non-hydrogen) atoms. The molecular weight excluding hydrogens is 452 g/mol. The molecule has 1 N–H and O–H groups in total. The summed E-state index contributed by atoms with van der Waals surface area (Å²) in [5.41, 5.74) is 3.84. The smallest absolute Gasteiger partial charge is 0.290 e. The van der Waals surface area contributed by atoms with Crippen molar-refractivity contribution in [2.45, 2.75) is 32.4 Å². The lowest BCUT2D eigenvalue weighted by atomic mass is 9.93. The first-order chi connectivity index (χ1) is 17.4. The Bertz CT molecular complexity index is 1250. The van der Waals surface area contributed by atoms with Gasteiger partial charge in [0.1, 0.15) is 5.75 Å². The van der Waals surface area contributed by atoms with E-state index < -0.39 is 17.7 Å². The number of aliphatic hydroxyl groups excluding tert-OH is 1. The third-order valence-corrected chi connectivity index (χ3v) is 6.38. The number of carbonyl (C=O) groups is 2. The highest BCUT2D eigenvalue weighted by Gasteiger charge is 2.43. The van der Waals surface area contributed by atoms with Crippen LogP contribution in [0.5, 0.6) is 5.75 Å². The number of rotatable bonds is 10. The number of ketones is 1. The number of benzene rings is 3. The second-order valence-electron chi connectivity index (χ2n) is 9.07. The van der Waals surface area contributed by atoms with Crippen LogP contribution in [0.4, 0.5) is 5.69 Å². The monoisotopic (exact) mass is 484 g/mol. The van der Waals surface area contributed by atoms with E-state index in [9.17, 15) is 14.7 Å². The summed E-state index contributed by atoms with van der Waals surface area (Å²) in [5.74, 6) is -0.515. The van der Waals surface area contributed by atoms with Gasteiger partial charge in [-0.05, 0) is 54.3 Å². The molecule has 3 aromatic carbocycles. The van der Waals surface area contributed by atoms with Crippen LogP contribution in [-0.4, -0.2) is 42.4 Å². The Balaban J connectivity index is 1.67. The molecule has 186 valence electrons. The van der Waals surface area contributed by atoms with Gasteiger partial charge in [0.2, 0.25) is 0 Å². The zero-order chi connectivity index (χ0) is 25.7. The lowest BCUT2D eigenvalue weighted by molar-refractivity contribution is -0.130. The number of aliphatic hydroxyl groups is 1. The summed E-state index contributed by atoms with van der Waals surface area (Å²) in [7, 11) is 3.91. The summed E-state index contributed by atoms with van der Waals surface area (Å²) in [4.78, 5) is 30.3. The largest absolute Gasteiger partial charge is 0.503 e. The molecule has 6 heteroatoms. The van der Waals surface area contributed by atoms with Crippen LogP contribution >= 0.6 is 0 Å². The molecule has 4 rings (SSSR count). The van der Waals surface area contributed by atoms with Crippen LogP contribution in [0.15, 0.2) is 90.2 Å². The van der Waals surface area contributed by atoms with E-state index in [1.54, 1.807) is 4.90 Å². The second-order valence-corrected chi connectivity index (χ2v) is 9.07. The zero-order valence-corrected chi connectivity index (χ0v) is 21.0. The molecule has 0 spiro atoms. The average molecular weight is 485 g/mol. The fourth-order valence-corrected chi connectivity index (χ4v) is 4.54. The maximum atomic E-state index is 13.4. The third-order valence-electron chi connectivity index (χ3n) is 6.38. The molecule has 1 unspecified atom stereocenters. The van der Waals surface area contributed by atoms with Gasteiger partial charge in [-0.3, -0.25) is 9.59 Å². The van der Waals surface area contributed by atoms with Crippen molar-refractivity contribution in [3.8, 4) is 5.75 Å². The minimum atomic E-state index is -0.673. The number of aryl methyl sites for hydroxylation is 1. The van der Waals surface area contributed by atoms with Gasteiger partial charge < -0.3 is 19.6 Å². The molecular formula is C30H32N2O4. The van der Waals surface area contributed by atoms with Crippen LogP contribution in [0.25, 0.3) is 0 Å². The summed E-state index contributed by atoms with van der Waals surface area (Å²) in [6.45, 7) is 2.69. The number of Topliss-reactive ketones (excluding diaryl/α,β-unsaturated/α-hetero) is 1. The fourth-order valence-electron chi connectivity index (χ4n) is 4.54. The molecule has 0 radical (unpaired) electrons. The maximum Gasteiger partial charge on any atom is 0.290 e. The van der Waals surface area contributed by atoms with E-state index in [2.05, 4.69) is 0 Å². The summed E-state index contributed by atoms with van der Waals surface area (Å²) >= 11 is 0. The molecule has 0 saturated carbocycles. The molecule has 1 atom stereocenters. The molecule has 0 aromatic heterocycles. The van der Waals surface area contributed by atoms with Crippen LogP contribution in [0.1, 0.15) is 36.1 Å². The molecule has 6 nitrogen and oxygen atoms in total.